The lowest BCUT2D eigenvalue weighted by Crippen LogP contribution is -2.44. The van der Waals surface area contributed by atoms with Crippen molar-refractivity contribution < 1.29 is 22.7 Å². The highest BCUT2D eigenvalue weighted by molar-refractivity contribution is 7.90. The maximum Gasteiger partial charge on any atom is 0.339 e. The van der Waals surface area contributed by atoms with Crippen molar-refractivity contribution in [2.24, 2.45) is 4.40 Å². The number of carbonyl (C=O) groups excluding carboxylic acids is 2. The van der Waals surface area contributed by atoms with Gasteiger partial charge in [-0.05, 0) is 37.6 Å². The second-order valence-corrected chi connectivity index (χ2v) is 9.33. The molecule has 4 heterocycles. The number of fused-ring (bicyclic) bond motifs is 1. The summed E-state index contributed by atoms with van der Waals surface area (Å²) in [6.45, 7) is 4.60. The van der Waals surface area contributed by atoms with Crippen LogP contribution in [0, 0.1) is 0 Å². The molecule has 1 fully saturated rings. The number of esters is 1. The number of hydrogen-bond acceptors (Lipinski definition) is 8. The summed E-state index contributed by atoms with van der Waals surface area (Å²) < 4.78 is 32.8. The predicted octanol–water partition coefficient (Wildman–Crippen LogP) is 0.795. The van der Waals surface area contributed by atoms with Gasteiger partial charge in [0.2, 0.25) is 0 Å². The maximum absolute atomic E-state index is 13.2. The Morgan fingerprint density at radius 2 is 1.97 bits per heavy atom. The highest BCUT2D eigenvalue weighted by Gasteiger charge is 2.32. The maximum atomic E-state index is 13.2. The lowest BCUT2D eigenvalue weighted by Gasteiger charge is -2.31. The molecule has 1 aromatic heterocycles. The second kappa shape index (κ2) is 9.11. The van der Waals surface area contributed by atoms with Crippen LogP contribution >= 0.6 is 0 Å². The van der Waals surface area contributed by atoms with E-state index in [2.05, 4.69) is 14.3 Å². The molecule has 4 rings (SSSR count). The Bertz CT molecular complexity index is 1090. The molecule has 0 atom stereocenters. The largest absolute Gasteiger partial charge is 0.462 e. The third-order valence-corrected chi connectivity index (χ3v) is 6.60. The Morgan fingerprint density at radius 1 is 1.12 bits per heavy atom. The summed E-state index contributed by atoms with van der Waals surface area (Å²) in [6.07, 6.45) is 7.32. The van der Waals surface area contributed by atoms with Gasteiger partial charge in [0, 0.05) is 45.1 Å². The molecule has 32 heavy (non-hydrogen) atoms. The fourth-order valence-electron chi connectivity index (χ4n) is 3.81. The molecule has 11 heteroatoms. The average molecular weight is 460 g/mol. The normalized spacial score (nSPS) is 20.1. The van der Waals surface area contributed by atoms with Crippen molar-refractivity contribution in [2.45, 2.75) is 13.3 Å². The lowest BCUT2D eigenvalue weighted by atomic mass is 10.1. The van der Waals surface area contributed by atoms with Crippen LogP contribution in [-0.2, 0) is 19.6 Å². The van der Waals surface area contributed by atoms with Gasteiger partial charge in [-0.1, -0.05) is 0 Å². The summed E-state index contributed by atoms with van der Waals surface area (Å²) in [4.78, 5) is 34.9. The molecular weight excluding hydrogens is 434 g/mol. The lowest BCUT2D eigenvalue weighted by molar-refractivity contribution is -0.126. The van der Waals surface area contributed by atoms with Crippen molar-refractivity contribution in [3.63, 3.8) is 0 Å². The van der Waals surface area contributed by atoms with Gasteiger partial charge in [-0.3, -0.25) is 4.79 Å². The minimum atomic E-state index is -3.56. The first kappa shape index (κ1) is 22.0. The zero-order chi connectivity index (χ0) is 22.7. The van der Waals surface area contributed by atoms with E-state index in [9.17, 15) is 18.0 Å². The molecule has 0 radical (unpaired) electrons. The molecule has 170 valence electrons. The molecule has 10 nitrogen and oxygen atoms in total. The topological polar surface area (TPSA) is 112 Å². The van der Waals surface area contributed by atoms with E-state index in [-0.39, 0.29) is 24.0 Å². The van der Waals surface area contributed by atoms with Gasteiger partial charge >= 0.3 is 5.97 Å². The molecule has 0 spiro atoms. The number of pyridine rings is 1. The van der Waals surface area contributed by atoms with Crippen LogP contribution in [0.2, 0.25) is 0 Å². The van der Waals surface area contributed by atoms with Crippen molar-refractivity contribution in [2.75, 3.05) is 50.0 Å². The highest BCUT2D eigenvalue weighted by atomic mass is 32.2. The number of aromatic nitrogens is 1. The summed E-state index contributed by atoms with van der Waals surface area (Å²) in [5, 5.41) is 0. The third kappa shape index (κ3) is 4.67. The van der Waals surface area contributed by atoms with Crippen LogP contribution in [0.4, 0.5) is 5.82 Å². The Balaban J connectivity index is 1.45. The van der Waals surface area contributed by atoms with Gasteiger partial charge in [0.05, 0.1) is 23.5 Å². The summed E-state index contributed by atoms with van der Waals surface area (Å²) >= 11 is 0. The zero-order valence-electron chi connectivity index (χ0n) is 17.8. The fraction of sp³-hybridized carbons (Fsp3) is 0.429. The highest BCUT2D eigenvalue weighted by Crippen LogP contribution is 2.21. The van der Waals surface area contributed by atoms with Crippen molar-refractivity contribution in [1.82, 2.24) is 14.8 Å². The summed E-state index contributed by atoms with van der Waals surface area (Å²) in [5.41, 5.74) is 0.688. The van der Waals surface area contributed by atoms with Crippen LogP contribution in [0.3, 0.4) is 0 Å². The van der Waals surface area contributed by atoms with Gasteiger partial charge in [-0.25, -0.2) is 18.2 Å². The number of rotatable bonds is 4. The molecule has 3 aliphatic rings. The van der Waals surface area contributed by atoms with Gasteiger partial charge < -0.3 is 19.4 Å². The standard InChI is InChI=1S/C21H25N5O5S/c1-2-31-21(28)16-6-7-18(22-15-16)24-9-4-10-26(12-11-24)20(27)17-5-3-8-25-13-14-32(29,30)23-19(17)25/h3,5-8,15H,2,4,9-14H2,1H3. The first-order chi connectivity index (χ1) is 15.4. The number of sulfonamides is 1. The number of hydrogen-bond donors (Lipinski definition) is 0. The molecule has 1 saturated heterocycles. The van der Waals surface area contributed by atoms with Crippen molar-refractivity contribution in [3.8, 4) is 0 Å². The minimum absolute atomic E-state index is 0.0665. The van der Waals surface area contributed by atoms with E-state index in [0.717, 1.165) is 12.2 Å². The predicted molar refractivity (Wildman–Crippen MR) is 119 cm³/mol. The summed E-state index contributed by atoms with van der Waals surface area (Å²) in [6, 6.07) is 3.46. The third-order valence-electron chi connectivity index (χ3n) is 5.45. The van der Waals surface area contributed by atoms with Gasteiger partial charge in [-0.15, -0.1) is 4.40 Å². The Labute approximate surface area is 186 Å². The number of amides is 1. The van der Waals surface area contributed by atoms with E-state index < -0.39 is 16.0 Å². The molecule has 1 amide bonds. The molecule has 3 aliphatic heterocycles. The SMILES string of the molecule is CCOC(=O)c1ccc(N2CCCN(C(=O)C3=CC=CN4CCS(=O)(=O)N=C34)CC2)nc1. The van der Waals surface area contributed by atoms with Crippen LogP contribution in [0.25, 0.3) is 0 Å². The monoisotopic (exact) mass is 459 g/mol. The van der Waals surface area contributed by atoms with E-state index >= 15 is 0 Å². The van der Waals surface area contributed by atoms with Crippen LogP contribution in [-0.4, -0.2) is 86.0 Å². The van der Waals surface area contributed by atoms with E-state index in [0.29, 0.717) is 43.9 Å². The van der Waals surface area contributed by atoms with Crippen molar-refractivity contribution in [1.29, 1.82) is 0 Å². The number of carbonyl (C=O) groups is 2. The fourth-order valence-corrected chi connectivity index (χ4v) is 4.80. The smallest absolute Gasteiger partial charge is 0.339 e. The number of anilines is 1. The summed E-state index contributed by atoms with van der Waals surface area (Å²) in [5.74, 6) is 0.212. The van der Waals surface area contributed by atoms with Gasteiger partial charge in [0.25, 0.3) is 15.9 Å². The second-order valence-electron chi connectivity index (χ2n) is 7.57. The molecule has 0 aliphatic carbocycles. The van der Waals surface area contributed by atoms with Crippen molar-refractivity contribution >= 4 is 33.6 Å². The molecule has 0 aromatic carbocycles. The first-order valence-electron chi connectivity index (χ1n) is 10.5. The molecule has 0 N–H and O–H groups in total. The number of nitrogens with zero attached hydrogens (tertiary/aromatic N) is 5. The van der Waals surface area contributed by atoms with E-state index in [1.807, 2.05) is 0 Å². The first-order valence-corrected chi connectivity index (χ1v) is 12.1. The molecule has 1 aromatic rings. The van der Waals surface area contributed by atoms with Gasteiger partial charge in [0.1, 0.15) is 5.82 Å². The molecule has 0 bridgehead atoms. The van der Waals surface area contributed by atoms with E-state index in [1.54, 1.807) is 47.2 Å². The molecular formula is C21H25N5O5S. The van der Waals surface area contributed by atoms with Crippen molar-refractivity contribution in [3.05, 3.63) is 47.8 Å². The average Bonchev–Trinajstić information content (AvgIpc) is 3.04. The minimum Gasteiger partial charge on any atom is -0.462 e. The van der Waals surface area contributed by atoms with Crippen LogP contribution < -0.4 is 4.90 Å². The van der Waals surface area contributed by atoms with Crippen LogP contribution in [0.15, 0.2) is 46.7 Å². The Hall–Kier alpha value is -3.21. The summed E-state index contributed by atoms with van der Waals surface area (Å²) in [7, 11) is -3.56. The Morgan fingerprint density at radius 3 is 2.72 bits per heavy atom. The van der Waals surface area contributed by atoms with E-state index in [1.165, 1.54) is 6.20 Å². The van der Waals surface area contributed by atoms with Gasteiger partial charge in [-0.2, -0.15) is 0 Å². The van der Waals surface area contributed by atoms with E-state index in [4.69, 9.17) is 4.74 Å². The number of ether oxygens (including phenoxy) is 1. The number of allylic oxidation sites excluding steroid dienone is 2. The number of amidine groups is 1. The quantitative estimate of drug-likeness (QED) is 0.608. The van der Waals surface area contributed by atoms with Crippen LogP contribution in [0.1, 0.15) is 23.7 Å². The molecule has 0 unspecified atom stereocenters. The molecule has 0 saturated carbocycles. The van der Waals surface area contributed by atoms with Crippen LogP contribution in [0.5, 0.6) is 0 Å². The van der Waals surface area contributed by atoms with Gasteiger partial charge in [0.15, 0.2) is 5.84 Å². The zero-order valence-corrected chi connectivity index (χ0v) is 18.6. The Kier molecular flexibility index (Phi) is 6.26.